The Kier molecular flexibility index (Phi) is 58.3. The number of phosphoric ester groups is 2. The normalized spacial score (nSPS) is 14.2. The summed E-state index contributed by atoms with van der Waals surface area (Å²) < 4.78 is 67.9. The summed E-state index contributed by atoms with van der Waals surface area (Å²) in [7, 11) is -9.88. The molecule has 0 aliphatic heterocycles. The van der Waals surface area contributed by atoms with Gasteiger partial charge >= 0.3 is 39.5 Å². The minimum absolute atomic E-state index is 0.104. The molecular formula is C66H128O17P2. The van der Waals surface area contributed by atoms with Crippen LogP contribution in [-0.2, 0) is 65.4 Å². The van der Waals surface area contributed by atoms with Gasteiger partial charge in [0.05, 0.1) is 26.4 Å². The third-order valence-electron chi connectivity index (χ3n) is 15.3. The van der Waals surface area contributed by atoms with Crippen LogP contribution >= 0.6 is 15.6 Å². The fourth-order valence-corrected chi connectivity index (χ4v) is 11.5. The van der Waals surface area contributed by atoms with E-state index in [1.807, 2.05) is 0 Å². The molecule has 0 rings (SSSR count). The predicted octanol–water partition coefficient (Wildman–Crippen LogP) is 18.6. The van der Waals surface area contributed by atoms with Gasteiger partial charge in [-0.3, -0.25) is 37.3 Å². The Morgan fingerprint density at radius 2 is 0.541 bits per heavy atom. The molecule has 0 aliphatic carbocycles. The SMILES string of the molecule is CCCCCCCCCCCCCCCCCCC(=O)O[C@H](COC(=O)CCCCCCCCCCCCCCC(C)C)COP(=O)(O)OC[C@@H](O)COP(=O)(O)OC[C@@H](COC(=O)CCCCCCCCC)OC(=O)CCCCCCCCC. The second-order valence-electron chi connectivity index (χ2n) is 24.3. The van der Waals surface area contributed by atoms with Crippen LogP contribution in [-0.4, -0.2) is 96.7 Å². The largest absolute Gasteiger partial charge is 0.472 e. The lowest BCUT2D eigenvalue weighted by atomic mass is 10.0. The highest BCUT2D eigenvalue weighted by atomic mass is 31.2. The van der Waals surface area contributed by atoms with E-state index in [2.05, 4.69) is 34.6 Å². The Hall–Kier alpha value is -1.94. The molecule has 0 saturated carbocycles. The Morgan fingerprint density at radius 1 is 0.318 bits per heavy atom. The number of hydrogen-bond donors (Lipinski definition) is 3. The third-order valence-corrected chi connectivity index (χ3v) is 17.2. The zero-order chi connectivity index (χ0) is 62.8. The molecule has 0 fully saturated rings. The van der Waals surface area contributed by atoms with Crippen molar-refractivity contribution in [1.29, 1.82) is 0 Å². The minimum Gasteiger partial charge on any atom is -0.462 e. The standard InChI is InChI=1S/C66H128O17P2/c1-6-9-12-15-18-19-20-21-22-23-24-29-32-37-42-47-52-66(71)83-62(56-77-64(69)50-45-40-36-31-28-26-25-27-30-35-38-43-48-59(4)5)58-81-85(74,75)79-54-60(67)53-78-84(72,73)80-57-61(82-65(70)51-46-41-34-17-14-11-8-3)55-76-63(68)49-44-39-33-16-13-10-7-2/h59-62,67H,6-58H2,1-5H3,(H,72,73)(H,74,75)/t60-,61+,62+/m0/s1. The lowest BCUT2D eigenvalue weighted by Crippen LogP contribution is -2.30. The summed E-state index contributed by atoms with van der Waals surface area (Å²) >= 11 is 0. The Balaban J connectivity index is 5.16. The van der Waals surface area contributed by atoms with Crippen LogP contribution in [0.15, 0.2) is 0 Å². The van der Waals surface area contributed by atoms with Crippen molar-refractivity contribution < 1.29 is 80.2 Å². The van der Waals surface area contributed by atoms with Gasteiger partial charge in [0.15, 0.2) is 12.2 Å². The number of aliphatic hydroxyl groups is 1. The average Bonchev–Trinajstić information content (AvgIpc) is 3.51. The van der Waals surface area contributed by atoms with Crippen molar-refractivity contribution in [2.75, 3.05) is 39.6 Å². The number of ether oxygens (including phenoxy) is 4. The van der Waals surface area contributed by atoms with Crippen molar-refractivity contribution in [2.24, 2.45) is 5.92 Å². The molecule has 5 atom stereocenters. The van der Waals surface area contributed by atoms with Gasteiger partial charge in [-0.1, -0.05) is 285 Å². The molecule has 17 nitrogen and oxygen atoms in total. The fourth-order valence-electron chi connectivity index (χ4n) is 9.94. The number of esters is 4. The molecule has 0 aromatic carbocycles. The second-order valence-corrected chi connectivity index (χ2v) is 27.2. The average molecular weight is 1260 g/mol. The first kappa shape index (κ1) is 83.1. The highest BCUT2D eigenvalue weighted by molar-refractivity contribution is 7.47. The fraction of sp³-hybridized carbons (Fsp3) is 0.939. The van der Waals surface area contributed by atoms with Crippen LogP contribution < -0.4 is 0 Å². The van der Waals surface area contributed by atoms with Gasteiger partial charge in [0.1, 0.15) is 19.3 Å². The van der Waals surface area contributed by atoms with Gasteiger partial charge in [0.25, 0.3) is 0 Å². The first-order valence-corrected chi connectivity index (χ1v) is 37.6. The molecule has 2 unspecified atom stereocenters. The third kappa shape index (κ3) is 60.7. The highest BCUT2D eigenvalue weighted by Gasteiger charge is 2.30. The van der Waals surface area contributed by atoms with Gasteiger partial charge in [-0.05, 0) is 31.6 Å². The van der Waals surface area contributed by atoms with Gasteiger partial charge in [0, 0.05) is 25.7 Å². The van der Waals surface area contributed by atoms with Gasteiger partial charge in [0.2, 0.25) is 0 Å². The quantitative estimate of drug-likeness (QED) is 0.0222. The maximum atomic E-state index is 13.0. The van der Waals surface area contributed by atoms with Crippen molar-refractivity contribution in [3.63, 3.8) is 0 Å². The summed E-state index contributed by atoms with van der Waals surface area (Å²) in [5, 5.41) is 10.5. The van der Waals surface area contributed by atoms with Gasteiger partial charge in [-0.2, -0.15) is 0 Å². The van der Waals surface area contributed by atoms with Crippen molar-refractivity contribution in [3.8, 4) is 0 Å². The number of unbranched alkanes of at least 4 members (excludes halogenated alkanes) is 38. The maximum absolute atomic E-state index is 13.0. The molecule has 0 saturated heterocycles. The number of rotatable bonds is 66. The topological polar surface area (TPSA) is 237 Å². The summed E-state index contributed by atoms with van der Waals surface area (Å²) in [6, 6.07) is 0. The first-order chi connectivity index (χ1) is 41.0. The predicted molar refractivity (Wildman–Crippen MR) is 340 cm³/mol. The van der Waals surface area contributed by atoms with Crippen molar-refractivity contribution in [2.45, 2.75) is 355 Å². The molecule has 0 aliphatic rings. The van der Waals surface area contributed by atoms with Crippen LogP contribution in [0.3, 0.4) is 0 Å². The van der Waals surface area contributed by atoms with Crippen molar-refractivity contribution >= 4 is 39.5 Å². The van der Waals surface area contributed by atoms with E-state index in [4.69, 9.17) is 37.0 Å². The monoisotopic (exact) mass is 1250 g/mol. The highest BCUT2D eigenvalue weighted by Crippen LogP contribution is 2.45. The van der Waals surface area contributed by atoms with Crippen LogP contribution in [0.2, 0.25) is 0 Å². The Bertz CT molecular complexity index is 1650. The van der Waals surface area contributed by atoms with E-state index in [0.29, 0.717) is 25.7 Å². The number of carbonyl (C=O) groups excluding carboxylic acids is 4. The molecule has 0 aromatic heterocycles. The van der Waals surface area contributed by atoms with Crippen LogP contribution in [0.5, 0.6) is 0 Å². The number of carbonyl (C=O) groups is 4. The molecule has 0 heterocycles. The molecule has 0 spiro atoms. The summed E-state index contributed by atoms with van der Waals surface area (Å²) in [4.78, 5) is 72.1. The molecule has 0 amide bonds. The molecule has 504 valence electrons. The maximum Gasteiger partial charge on any atom is 0.472 e. The van der Waals surface area contributed by atoms with E-state index in [9.17, 15) is 43.2 Å². The summed E-state index contributed by atoms with van der Waals surface area (Å²) in [5.41, 5.74) is 0. The van der Waals surface area contributed by atoms with E-state index < -0.39 is 97.5 Å². The smallest absolute Gasteiger partial charge is 0.462 e. The second kappa shape index (κ2) is 59.7. The molecular weight excluding hydrogens is 1130 g/mol. The molecule has 85 heavy (non-hydrogen) atoms. The summed E-state index contributed by atoms with van der Waals surface area (Å²) in [5.74, 6) is -1.35. The van der Waals surface area contributed by atoms with Crippen molar-refractivity contribution in [1.82, 2.24) is 0 Å². The Labute approximate surface area is 517 Å². The lowest BCUT2D eigenvalue weighted by molar-refractivity contribution is -0.161. The van der Waals surface area contributed by atoms with E-state index in [1.165, 1.54) is 135 Å². The van der Waals surface area contributed by atoms with Gasteiger partial charge < -0.3 is 33.8 Å². The number of hydrogen-bond acceptors (Lipinski definition) is 15. The zero-order valence-electron chi connectivity index (χ0n) is 54.7. The Morgan fingerprint density at radius 3 is 0.800 bits per heavy atom. The van der Waals surface area contributed by atoms with Crippen LogP contribution in [0.4, 0.5) is 0 Å². The number of phosphoric acid groups is 2. The molecule has 3 N–H and O–H groups in total. The van der Waals surface area contributed by atoms with E-state index >= 15 is 0 Å². The van der Waals surface area contributed by atoms with Crippen LogP contribution in [0, 0.1) is 5.92 Å². The summed E-state index contributed by atoms with van der Waals surface area (Å²) in [6.45, 7) is 7.15. The van der Waals surface area contributed by atoms with E-state index in [0.717, 1.165) is 121 Å². The first-order valence-electron chi connectivity index (χ1n) is 34.6. The van der Waals surface area contributed by atoms with Gasteiger partial charge in [-0.15, -0.1) is 0 Å². The van der Waals surface area contributed by atoms with Gasteiger partial charge in [-0.25, -0.2) is 9.13 Å². The molecule has 0 bridgehead atoms. The lowest BCUT2D eigenvalue weighted by Gasteiger charge is -2.21. The summed E-state index contributed by atoms with van der Waals surface area (Å²) in [6.07, 6.45) is 44.7. The zero-order valence-corrected chi connectivity index (χ0v) is 56.5. The number of aliphatic hydroxyl groups excluding tert-OH is 1. The molecule has 0 radical (unpaired) electrons. The van der Waals surface area contributed by atoms with Crippen molar-refractivity contribution in [3.05, 3.63) is 0 Å². The van der Waals surface area contributed by atoms with E-state index in [1.54, 1.807) is 0 Å². The minimum atomic E-state index is -4.95. The molecule has 0 aromatic rings. The van der Waals surface area contributed by atoms with E-state index in [-0.39, 0.29) is 25.7 Å². The molecule has 19 heteroatoms. The van der Waals surface area contributed by atoms with Crippen LogP contribution in [0.25, 0.3) is 0 Å². The van der Waals surface area contributed by atoms with Crippen LogP contribution in [0.1, 0.15) is 336 Å².